The van der Waals surface area contributed by atoms with Crippen LogP contribution in [0.1, 0.15) is 16.8 Å². The van der Waals surface area contributed by atoms with Crippen molar-refractivity contribution in [2.45, 2.75) is 6.42 Å². The molecule has 1 rings (SSSR count). The first-order valence-electron chi connectivity index (χ1n) is 5.63. The number of amides is 1. The number of nitrogens with zero attached hydrogens (tertiary/aromatic N) is 1. The van der Waals surface area contributed by atoms with Gasteiger partial charge in [-0.05, 0) is 18.6 Å². The van der Waals surface area contributed by atoms with Crippen LogP contribution in [0.25, 0.3) is 0 Å². The number of hydrogen-bond donors (Lipinski definition) is 2. The fourth-order valence-electron chi connectivity index (χ4n) is 1.39. The summed E-state index contributed by atoms with van der Waals surface area (Å²) >= 11 is 5.78. The van der Waals surface area contributed by atoms with Crippen LogP contribution in [0.3, 0.4) is 0 Å². The molecule has 1 amide bonds. The third-order valence-corrected chi connectivity index (χ3v) is 3.51. The Labute approximate surface area is 117 Å². The van der Waals surface area contributed by atoms with Crippen LogP contribution < -0.4 is 10.6 Å². The molecule has 0 aliphatic heterocycles. The fourth-order valence-corrected chi connectivity index (χ4v) is 2.27. The van der Waals surface area contributed by atoms with E-state index in [9.17, 15) is 13.2 Å². The minimum Gasteiger partial charge on any atom is -0.373 e. The van der Waals surface area contributed by atoms with Gasteiger partial charge in [-0.15, -0.1) is 0 Å². The molecule has 0 fully saturated rings. The zero-order valence-corrected chi connectivity index (χ0v) is 12.3. The van der Waals surface area contributed by atoms with Crippen LogP contribution in [0.4, 0.5) is 5.82 Å². The van der Waals surface area contributed by atoms with E-state index in [1.165, 1.54) is 6.07 Å². The molecule has 0 saturated carbocycles. The predicted octanol–water partition coefficient (Wildman–Crippen LogP) is 0.941. The maximum Gasteiger partial charge on any atom is 0.251 e. The molecular weight excluding hydrogens is 290 g/mol. The lowest BCUT2D eigenvalue weighted by molar-refractivity contribution is 0.0953. The van der Waals surface area contributed by atoms with E-state index >= 15 is 0 Å². The van der Waals surface area contributed by atoms with E-state index in [1.54, 1.807) is 13.1 Å². The van der Waals surface area contributed by atoms with Crippen LogP contribution in [0.2, 0.25) is 5.15 Å². The van der Waals surface area contributed by atoms with Crippen LogP contribution in [0, 0.1) is 0 Å². The SMILES string of the molecule is CNc1cc(C(=O)NCCCS(C)(=O)=O)cc(Cl)n1. The molecule has 0 radical (unpaired) electrons. The van der Waals surface area contributed by atoms with Crippen LogP contribution in [-0.2, 0) is 9.84 Å². The number of rotatable bonds is 6. The summed E-state index contributed by atoms with van der Waals surface area (Å²) in [6.07, 6.45) is 1.54. The summed E-state index contributed by atoms with van der Waals surface area (Å²) in [5, 5.41) is 5.64. The Balaban J connectivity index is 2.56. The van der Waals surface area contributed by atoms with Gasteiger partial charge in [0.2, 0.25) is 0 Å². The van der Waals surface area contributed by atoms with Crippen LogP contribution in [0.5, 0.6) is 0 Å². The summed E-state index contributed by atoms with van der Waals surface area (Å²) in [7, 11) is -1.32. The van der Waals surface area contributed by atoms with E-state index in [0.29, 0.717) is 24.3 Å². The number of carbonyl (C=O) groups excluding carboxylic acids is 1. The number of aromatic nitrogens is 1. The van der Waals surface area contributed by atoms with Gasteiger partial charge in [0.05, 0.1) is 5.75 Å². The quantitative estimate of drug-likeness (QED) is 0.603. The number of pyridine rings is 1. The van der Waals surface area contributed by atoms with Gasteiger partial charge in [-0.3, -0.25) is 4.79 Å². The first-order valence-corrected chi connectivity index (χ1v) is 8.07. The van der Waals surface area contributed by atoms with Crippen LogP contribution in [0.15, 0.2) is 12.1 Å². The van der Waals surface area contributed by atoms with E-state index < -0.39 is 9.84 Å². The summed E-state index contributed by atoms with van der Waals surface area (Å²) in [6.45, 7) is 0.292. The second-order valence-electron chi connectivity index (χ2n) is 4.05. The van der Waals surface area contributed by atoms with Crippen molar-refractivity contribution in [2.75, 3.05) is 30.9 Å². The maximum absolute atomic E-state index is 11.8. The van der Waals surface area contributed by atoms with E-state index in [0.717, 1.165) is 6.26 Å². The molecule has 2 N–H and O–H groups in total. The molecular formula is C11H16ClN3O3S. The van der Waals surface area contributed by atoms with Gasteiger partial charge < -0.3 is 10.6 Å². The lowest BCUT2D eigenvalue weighted by Crippen LogP contribution is -2.26. The molecule has 0 bridgehead atoms. The average Bonchev–Trinajstić information content (AvgIpc) is 2.32. The van der Waals surface area contributed by atoms with E-state index in [2.05, 4.69) is 15.6 Å². The highest BCUT2D eigenvalue weighted by Gasteiger charge is 2.09. The summed E-state index contributed by atoms with van der Waals surface area (Å²) in [6, 6.07) is 3.02. The molecule has 8 heteroatoms. The lowest BCUT2D eigenvalue weighted by Gasteiger charge is -2.07. The lowest BCUT2D eigenvalue weighted by atomic mass is 10.2. The van der Waals surface area contributed by atoms with E-state index in [1.807, 2.05) is 0 Å². The van der Waals surface area contributed by atoms with Crippen LogP contribution >= 0.6 is 11.6 Å². The Kier molecular flexibility index (Phi) is 5.56. The molecule has 1 aromatic heterocycles. The van der Waals surface area contributed by atoms with Crippen molar-refractivity contribution >= 4 is 33.2 Å². The summed E-state index contributed by atoms with van der Waals surface area (Å²) in [4.78, 5) is 15.8. The molecule has 0 spiro atoms. The standard InChI is InChI=1S/C11H16ClN3O3S/c1-13-10-7-8(6-9(12)15-10)11(16)14-4-3-5-19(2,17)18/h6-7H,3-5H2,1-2H3,(H,13,15)(H,14,16). The van der Waals surface area contributed by atoms with Gasteiger partial charge >= 0.3 is 0 Å². The maximum atomic E-state index is 11.8. The highest BCUT2D eigenvalue weighted by molar-refractivity contribution is 7.90. The topological polar surface area (TPSA) is 88.2 Å². The van der Waals surface area contributed by atoms with Crippen molar-refractivity contribution in [1.29, 1.82) is 0 Å². The zero-order chi connectivity index (χ0) is 14.5. The molecule has 1 heterocycles. The van der Waals surface area contributed by atoms with Crippen molar-refractivity contribution in [3.63, 3.8) is 0 Å². The smallest absolute Gasteiger partial charge is 0.251 e. The zero-order valence-electron chi connectivity index (χ0n) is 10.7. The Morgan fingerprint density at radius 1 is 1.42 bits per heavy atom. The van der Waals surface area contributed by atoms with Gasteiger partial charge in [0.1, 0.15) is 20.8 Å². The van der Waals surface area contributed by atoms with Gasteiger partial charge in [0, 0.05) is 25.4 Å². The minimum absolute atomic E-state index is 0.0478. The number of nitrogens with one attached hydrogen (secondary N) is 2. The number of anilines is 1. The van der Waals surface area contributed by atoms with Crippen molar-refractivity contribution in [2.24, 2.45) is 0 Å². The van der Waals surface area contributed by atoms with Crippen LogP contribution in [-0.4, -0.2) is 44.9 Å². The Morgan fingerprint density at radius 2 is 2.11 bits per heavy atom. The normalized spacial score (nSPS) is 11.1. The molecule has 0 saturated heterocycles. The van der Waals surface area contributed by atoms with E-state index in [-0.39, 0.29) is 16.8 Å². The highest BCUT2D eigenvalue weighted by Crippen LogP contribution is 2.13. The summed E-state index contributed by atoms with van der Waals surface area (Å²) in [5.41, 5.74) is 0.378. The average molecular weight is 306 g/mol. The largest absolute Gasteiger partial charge is 0.373 e. The predicted molar refractivity (Wildman–Crippen MR) is 75.5 cm³/mol. The fraction of sp³-hybridized carbons (Fsp3) is 0.455. The molecule has 6 nitrogen and oxygen atoms in total. The van der Waals surface area contributed by atoms with Crippen molar-refractivity contribution < 1.29 is 13.2 Å². The van der Waals surface area contributed by atoms with Crippen molar-refractivity contribution in [1.82, 2.24) is 10.3 Å². The molecule has 0 aliphatic carbocycles. The van der Waals surface area contributed by atoms with Gasteiger partial charge in [-0.1, -0.05) is 11.6 Å². The van der Waals surface area contributed by atoms with Crippen molar-refractivity contribution in [3.05, 3.63) is 22.8 Å². The Hall–Kier alpha value is -1.34. The second kappa shape index (κ2) is 6.72. The first kappa shape index (κ1) is 15.7. The highest BCUT2D eigenvalue weighted by atomic mass is 35.5. The number of sulfone groups is 1. The third-order valence-electron chi connectivity index (χ3n) is 2.29. The molecule has 0 aliphatic rings. The molecule has 0 atom stereocenters. The van der Waals surface area contributed by atoms with E-state index in [4.69, 9.17) is 11.6 Å². The summed E-state index contributed by atoms with van der Waals surface area (Å²) < 4.78 is 21.9. The number of hydrogen-bond acceptors (Lipinski definition) is 5. The van der Waals surface area contributed by atoms with Gasteiger partial charge in [-0.2, -0.15) is 0 Å². The number of carbonyl (C=O) groups is 1. The third kappa shape index (κ3) is 5.89. The molecule has 106 valence electrons. The molecule has 19 heavy (non-hydrogen) atoms. The first-order chi connectivity index (χ1) is 8.81. The monoisotopic (exact) mass is 305 g/mol. The summed E-state index contributed by atoms with van der Waals surface area (Å²) in [5.74, 6) is 0.231. The van der Waals surface area contributed by atoms with Gasteiger partial charge in [0.15, 0.2) is 0 Å². The Morgan fingerprint density at radius 3 is 2.68 bits per heavy atom. The second-order valence-corrected chi connectivity index (χ2v) is 6.70. The Bertz CT molecular complexity index is 560. The minimum atomic E-state index is -3.00. The number of halogens is 1. The van der Waals surface area contributed by atoms with Gasteiger partial charge in [0.25, 0.3) is 5.91 Å². The van der Waals surface area contributed by atoms with Gasteiger partial charge in [-0.25, -0.2) is 13.4 Å². The molecule has 0 aromatic carbocycles. The molecule has 0 unspecified atom stereocenters. The molecule has 1 aromatic rings. The van der Waals surface area contributed by atoms with Crippen molar-refractivity contribution in [3.8, 4) is 0 Å².